The van der Waals surface area contributed by atoms with E-state index in [1.165, 1.54) is 0 Å². The van der Waals surface area contributed by atoms with E-state index < -0.39 is 23.7 Å². The second-order valence-corrected chi connectivity index (χ2v) is 4.44. The molecule has 0 aliphatic heterocycles. The summed E-state index contributed by atoms with van der Waals surface area (Å²) in [4.78, 5) is 0. The van der Waals surface area contributed by atoms with Crippen molar-refractivity contribution in [1.82, 2.24) is 0 Å². The molecular weight excluding hydrogens is 167 g/mol. The lowest BCUT2D eigenvalue weighted by atomic mass is 9.77. The lowest BCUT2D eigenvalue weighted by molar-refractivity contribution is -0.0675. The van der Waals surface area contributed by atoms with E-state index in [1.807, 2.05) is 0 Å². The van der Waals surface area contributed by atoms with Crippen molar-refractivity contribution in [2.24, 2.45) is 5.41 Å². The third kappa shape index (κ3) is 1.16. The summed E-state index contributed by atoms with van der Waals surface area (Å²) in [5.41, 5.74) is -0.515. The van der Waals surface area contributed by atoms with Crippen molar-refractivity contribution in [2.75, 3.05) is 0 Å². The average molecular weight is 182 g/mol. The zero-order valence-electron chi connectivity index (χ0n) is 7.56. The molecule has 3 nitrogen and oxygen atoms in total. The van der Waals surface area contributed by atoms with Crippen LogP contribution in [0.2, 0.25) is 5.82 Å². The fourth-order valence-corrected chi connectivity index (χ4v) is 2.92. The Hall–Kier alpha value is -0.0551. The highest BCUT2D eigenvalue weighted by Gasteiger charge is 2.56. The third-order valence-corrected chi connectivity index (χ3v) is 3.75. The van der Waals surface area contributed by atoms with Gasteiger partial charge in [-0.2, -0.15) is 0 Å². The summed E-state index contributed by atoms with van der Waals surface area (Å²) in [7, 11) is 5.66. The van der Waals surface area contributed by atoms with Crippen LogP contribution >= 0.6 is 0 Å². The van der Waals surface area contributed by atoms with Gasteiger partial charge in [-0.1, -0.05) is 6.42 Å². The van der Waals surface area contributed by atoms with Gasteiger partial charge in [-0.15, -0.1) is 0 Å². The smallest absolute Gasteiger partial charge is 0.0875 e. The molecule has 0 heterocycles. The summed E-state index contributed by atoms with van der Waals surface area (Å²) in [5.74, 6) is -0.386. The van der Waals surface area contributed by atoms with E-state index in [2.05, 4.69) is 0 Å². The Morgan fingerprint density at radius 3 is 2.31 bits per heavy atom. The minimum Gasteiger partial charge on any atom is -0.392 e. The van der Waals surface area contributed by atoms with Crippen LogP contribution in [0.25, 0.3) is 0 Å². The Bertz CT molecular complexity index is 211. The molecule has 3 N–H and O–H groups in total. The topological polar surface area (TPSA) is 60.7 Å². The maximum absolute atomic E-state index is 9.80. The van der Waals surface area contributed by atoms with Crippen molar-refractivity contribution in [3.05, 3.63) is 0 Å². The summed E-state index contributed by atoms with van der Waals surface area (Å²) in [5, 5.41) is 29.1. The van der Waals surface area contributed by atoms with Gasteiger partial charge in [-0.3, -0.25) is 0 Å². The lowest BCUT2D eigenvalue weighted by Crippen LogP contribution is -2.41. The minimum absolute atomic E-state index is 0.386. The molecule has 1 spiro atoms. The van der Waals surface area contributed by atoms with Crippen LogP contribution in [0.4, 0.5) is 0 Å². The predicted octanol–water partition coefficient (Wildman–Crippen LogP) is -0.400. The van der Waals surface area contributed by atoms with E-state index in [4.69, 9.17) is 7.85 Å². The fraction of sp³-hybridized carbons (Fsp3) is 1.00. The van der Waals surface area contributed by atoms with Crippen molar-refractivity contribution in [1.29, 1.82) is 0 Å². The van der Waals surface area contributed by atoms with Crippen LogP contribution in [0.5, 0.6) is 0 Å². The summed E-state index contributed by atoms with van der Waals surface area (Å²) in [6, 6.07) is 0. The van der Waals surface area contributed by atoms with Crippen molar-refractivity contribution in [2.45, 2.75) is 49.8 Å². The molecule has 2 aliphatic rings. The molecule has 2 radical (unpaired) electrons. The van der Waals surface area contributed by atoms with Crippen LogP contribution in [-0.2, 0) is 0 Å². The molecule has 13 heavy (non-hydrogen) atoms. The quantitative estimate of drug-likeness (QED) is 0.446. The Morgan fingerprint density at radius 1 is 1.23 bits per heavy atom. The van der Waals surface area contributed by atoms with Crippen LogP contribution in [-0.4, -0.2) is 41.5 Å². The number of rotatable bonds is 0. The minimum atomic E-state index is -0.868. The number of hydrogen-bond donors (Lipinski definition) is 3. The maximum Gasteiger partial charge on any atom is 0.0875 e. The molecule has 0 bridgehead atoms. The highest BCUT2D eigenvalue weighted by molar-refractivity contribution is 6.12. The first-order valence-electron chi connectivity index (χ1n) is 4.88. The van der Waals surface area contributed by atoms with E-state index in [0.717, 1.165) is 19.3 Å². The molecule has 0 aromatic heterocycles. The first-order valence-corrected chi connectivity index (χ1v) is 4.88. The van der Waals surface area contributed by atoms with E-state index in [9.17, 15) is 15.3 Å². The van der Waals surface area contributed by atoms with Crippen molar-refractivity contribution >= 4 is 7.85 Å². The van der Waals surface area contributed by atoms with Gasteiger partial charge in [-0.05, 0) is 25.1 Å². The van der Waals surface area contributed by atoms with Crippen LogP contribution in [0.3, 0.4) is 0 Å². The van der Waals surface area contributed by atoms with Crippen molar-refractivity contribution in [3.63, 3.8) is 0 Å². The van der Waals surface area contributed by atoms with Crippen LogP contribution in [0.1, 0.15) is 25.7 Å². The normalized spacial score (nSPS) is 56.2. The second-order valence-electron chi connectivity index (χ2n) is 4.44. The Balaban J connectivity index is 2.24. The first-order chi connectivity index (χ1) is 6.08. The Kier molecular flexibility index (Phi) is 2.17. The molecule has 0 aromatic rings. The van der Waals surface area contributed by atoms with E-state index in [1.54, 1.807) is 0 Å². The lowest BCUT2D eigenvalue weighted by Gasteiger charge is -2.31. The molecule has 72 valence electrons. The number of aliphatic hydroxyl groups is 3. The number of hydrogen-bond acceptors (Lipinski definition) is 3. The van der Waals surface area contributed by atoms with Gasteiger partial charge < -0.3 is 15.3 Å². The molecule has 2 rings (SSSR count). The zero-order chi connectivity index (χ0) is 9.64. The summed E-state index contributed by atoms with van der Waals surface area (Å²) >= 11 is 0. The standard InChI is InChI=1S/C9H15BO3/c10-5-4-9(8(13)7(5)12)3-1-2-6(9)11/h5-8,11-13H,1-4H2/t5-,6-,7?,8?,9-/m1/s1. The molecule has 5 atom stereocenters. The maximum atomic E-state index is 9.80. The second kappa shape index (κ2) is 2.97. The molecular formula is C9H15BO3. The van der Waals surface area contributed by atoms with Gasteiger partial charge in [0.05, 0.1) is 26.2 Å². The van der Waals surface area contributed by atoms with E-state index in [0.29, 0.717) is 6.42 Å². The Morgan fingerprint density at radius 2 is 1.92 bits per heavy atom. The van der Waals surface area contributed by atoms with E-state index in [-0.39, 0.29) is 5.82 Å². The Labute approximate surface area is 79.2 Å². The zero-order valence-corrected chi connectivity index (χ0v) is 7.56. The molecule has 2 saturated carbocycles. The highest BCUT2D eigenvalue weighted by atomic mass is 16.3. The molecule has 2 fully saturated rings. The summed E-state index contributed by atoms with van der Waals surface area (Å²) in [6.45, 7) is 0. The van der Waals surface area contributed by atoms with Gasteiger partial charge in [-0.25, -0.2) is 0 Å². The van der Waals surface area contributed by atoms with Crippen molar-refractivity contribution < 1.29 is 15.3 Å². The summed E-state index contributed by atoms with van der Waals surface area (Å²) < 4.78 is 0. The van der Waals surface area contributed by atoms with Crippen LogP contribution in [0.15, 0.2) is 0 Å². The monoisotopic (exact) mass is 182 g/mol. The predicted molar refractivity (Wildman–Crippen MR) is 48.4 cm³/mol. The van der Waals surface area contributed by atoms with Gasteiger partial charge in [0, 0.05) is 5.41 Å². The molecule has 0 amide bonds. The molecule has 2 aliphatic carbocycles. The van der Waals surface area contributed by atoms with Crippen LogP contribution in [0, 0.1) is 5.41 Å². The molecule has 0 aromatic carbocycles. The molecule has 0 saturated heterocycles. The third-order valence-electron chi connectivity index (χ3n) is 3.75. The van der Waals surface area contributed by atoms with Gasteiger partial charge in [0.2, 0.25) is 0 Å². The largest absolute Gasteiger partial charge is 0.392 e. The van der Waals surface area contributed by atoms with Gasteiger partial charge >= 0.3 is 0 Å². The first kappa shape index (κ1) is 9.50. The molecule has 2 unspecified atom stereocenters. The van der Waals surface area contributed by atoms with Gasteiger partial charge in [0.1, 0.15) is 0 Å². The SMILES string of the molecule is [B][C@@H]1C[C@@]2(CCC[C@H]2O)C(O)C1O. The van der Waals surface area contributed by atoms with Gasteiger partial charge in [0.25, 0.3) is 0 Å². The van der Waals surface area contributed by atoms with Gasteiger partial charge in [0.15, 0.2) is 0 Å². The van der Waals surface area contributed by atoms with Crippen LogP contribution < -0.4 is 0 Å². The molecule has 4 heteroatoms. The highest BCUT2D eigenvalue weighted by Crippen LogP contribution is 2.53. The summed E-state index contributed by atoms with van der Waals surface area (Å²) in [6.07, 6.45) is 0.739. The van der Waals surface area contributed by atoms with E-state index >= 15 is 0 Å². The fourth-order valence-electron chi connectivity index (χ4n) is 2.92. The van der Waals surface area contributed by atoms with Crippen molar-refractivity contribution in [3.8, 4) is 0 Å². The number of aliphatic hydroxyl groups excluding tert-OH is 3. The average Bonchev–Trinajstić information content (AvgIpc) is 2.54.